The number of hydrogen-bond acceptors (Lipinski definition) is 3. The zero-order chi connectivity index (χ0) is 8.27. The third-order valence-corrected chi connectivity index (χ3v) is 1.43. The summed E-state index contributed by atoms with van der Waals surface area (Å²) >= 11 is 0. The monoisotopic (exact) mass is 154 g/mol. The minimum atomic E-state index is -1.05. The van der Waals surface area contributed by atoms with Gasteiger partial charge in [0.15, 0.2) is 6.29 Å². The molecule has 0 saturated carbocycles. The summed E-state index contributed by atoms with van der Waals surface area (Å²) < 4.78 is 4.61. The number of aliphatic hydroxyl groups excluding tert-OH is 1. The molecule has 0 saturated heterocycles. The van der Waals surface area contributed by atoms with Crippen LogP contribution in [-0.4, -0.2) is 17.3 Å². The number of phenols is 1. The van der Waals surface area contributed by atoms with Gasteiger partial charge in [-0.15, -0.1) is 0 Å². The van der Waals surface area contributed by atoms with E-state index in [0.29, 0.717) is 5.56 Å². The Morgan fingerprint density at radius 3 is 2.55 bits per heavy atom. The highest BCUT2D eigenvalue weighted by Gasteiger charge is 2.08. The number of phenolic OH excluding ortho intramolecular Hbond substituents is 1. The first-order valence-corrected chi connectivity index (χ1v) is 3.24. The molecule has 3 nitrogen and oxygen atoms in total. The number of rotatable bonds is 2. The lowest BCUT2D eigenvalue weighted by Crippen LogP contribution is -1.98. The van der Waals surface area contributed by atoms with Crippen LogP contribution in [0.3, 0.4) is 0 Å². The van der Waals surface area contributed by atoms with Crippen molar-refractivity contribution in [2.75, 3.05) is 7.11 Å². The van der Waals surface area contributed by atoms with Gasteiger partial charge in [-0.2, -0.15) is 0 Å². The van der Waals surface area contributed by atoms with Crippen molar-refractivity contribution in [3.05, 3.63) is 29.8 Å². The fourth-order valence-corrected chi connectivity index (χ4v) is 0.823. The first-order valence-electron chi connectivity index (χ1n) is 3.24. The van der Waals surface area contributed by atoms with Crippen molar-refractivity contribution in [2.24, 2.45) is 0 Å². The third kappa shape index (κ3) is 1.69. The Labute approximate surface area is 64.9 Å². The summed E-state index contributed by atoms with van der Waals surface area (Å²) in [6.45, 7) is 0. The number of ether oxygens (including phenoxy) is 1. The van der Waals surface area contributed by atoms with E-state index in [9.17, 15) is 5.11 Å². The number of aromatic hydroxyl groups is 1. The Balaban J connectivity index is 2.93. The maximum absolute atomic E-state index is 9.17. The topological polar surface area (TPSA) is 49.7 Å². The average molecular weight is 154 g/mol. The summed E-state index contributed by atoms with van der Waals surface area (Å²) in [5, 5.41) is 18.3. The first-order chi connectivity index (χ1) is 5.25. The van der Waals surface area contributed by atoms with Gasteiger partial charge in [0.05, 0.1) is 0 Å². The standard InChI is InChI=1S/C8H10O3/c1-11-8(10)6-4-2-3-5-7(6)9/h2-5,8-10H,1H3. The summed E-state index contributed by atoms with van der Waals surface area (Å²) in [7, 11) is 1.37. The quantitative estimate of drug-likeness (QED) is 0.625. The van der Waals surface area contributed by atoms with E-state index in [1.807, 2.05) is 0 Å². The number of hydrogen-bond donors (Lipinski definition) is 2. The first kappa shape index (κ1) is 8.04. The molecule has 1 atom stereocenters. The largest absolute Gasteiger partial charge is 0.507 e. The predicted molar refractivity (Wildman–Crippen MR) is 40.1 cm³/mol. The van der Waals surface area contributed by atoms with Crippen LogP contribution < -0.4 is 0 Å². The molecular weight excluding hydrogens is 144 g/mol. The molecule has 0 fully saturated rings. The van der Waals surface area contributed by atoms with Gasteiger partial charge in [0.25, 0.3) is 0 Å². The smallest absolute Gasteiger partial charge is 0.184 e. The van der Waals surface area contributed by atoms with E-state index in [1.165, 1.54) is 13.2 Å². The molecule has 11 heavy (non-hydrogen) atoms. The second-order valence-electron chi connectivity index (χ2n) is 2.15. The zero-order valence-electron chi connectivity index (χ0n) is 6.19. The lowest BCUT2D eigenvalue weighted by molar-refractivity contribution is -0.0780. The molecule has 0 heterocycles. The Kier molecular flexibility index (Phi) is 2.46. The average Bonchev–Trinajstić information content (AvgIpc) is 2.04. The predicted octanol–water partition coefficient (Wildman–Crippen LogP) is 1.03. The van der Waals surface area contributed by atoms with Crippen LogP contribution in [0.2, 0.25) is 0 Å². The van der Waals surface area contributed by atoms with Gasteiger partial charge in [-0.25, -0.2) is 0 Å². The van der Waals surface area contributed by atoms with E-state index in [1.54, 1.807) is 18.2 Å². The fourth-order valence-electron chi connectivity index (χ4n) is 0.823. The molecule has 1 unspecified atom stereocenters. The van der Waals surface area contributed by atoms with Gasteiger partial charge in [0.1, 0.15) is 5.75 Å². The normalized spacial score (nSPS) is 12.9. The van der Waals surface area contributed by atoms with Crippen LogP contribution in [0.25, 0.3) is 0 Å². The van der Waals surface area contributed by atoms with Crippen LogP contribution in [0.1, 0.15) is 11.9 Å². The molecular formula is C8H10O3. The van der Waals surface area contributed by atoms with Gasteiger partial charge in [-0.05, 0) is 6.07 Å². The zero-order valence-corrected chi connectivity index (χ0v) is 6.19. The molecule has 0 spiro atoms. The molecule has 0 aromatic heterocycles. The summed E-state index contributed by atoms with van der Waals surface area (Å²) in [6, 6.07) is 6.50. The maximum Gasteiger partial charge on any atom is 0.184 e. The van der Waals surface area contributed by atoms with E-state index in [2.05, 4.69) is 4.74 Å². The second-order valence-corrected chi connectivity index (χ2v) is 2.15. The van der Waals surface area contributed by atoms with Crippen molar-refractivity contribution in [2.45, 2.75) is 6.29 Å². The molecule has 3 heteroatoms. The molecule has 0 radical (unpaired) electrons. The van der Waals surface area contributed by atoms with Gasteiger partial charge in [0.2, 0.25) is 0 Å². The molecule has 0 bridgehead atoms. The molecule has 60 valence electrons. The molecule has 1 aromatic carbocycles. The minimum Gasteiger partial charge on any atom is -0.507 e. The van der Waals surface area contributed by atoms with Crippen LogP contribution in [0.5, 0.6) is 5.75 Å². The van der Waals surface area contributed by atoms with Crippen molar-refractivity contribution in [3.8, 4) is 5.75 Å². The lowest BCUT2D eigenvalue weighted by Gasteiger charge is -2.09. The highest BCUT2D eigenvalue weighted by atomic mass is 16.6. The van der Waals surface area contributed by atoms with Crippen molar-refractivity contribution >= 4 is 0 Å². The van der Waals surface area contributed by atoms with E-state index in [-0.39, 0.29) is 5.75 Å². The summed E-state index contributed by atoms with van der Waals surface area (Å²) in [4.78, 5) is 0. The van der Waals surface area contributed by atoms with Crippen LogP contribution >= 0.6 is 0 Å². The molecule has 2 N–H and O–H groups in total. The van der Waals surface area contributed by atoms with Crippen molar-refractivity contribution in [3.63, 3.8) is 0 Å². The Bertz CT molecular complexity index is 235. The molecule has 0 amide bonds. The molecule has 0 aliphatic rings. The van der Waals surface area contributed by atoms with E-state index in [4.69, 9.17) is 5.11 Å². The SMILES string of the molecule is COC(O)c1ccccc1O. The van der Waals surface area contributed by atoms with Gasteiger partial charge in [0, 0.05) is 12.7 Å². The van der Waals surface area contributed by atoms with Crippen molar-refractivity contribution in [1.82, 2.24) is 0 Å². The minimum absolute atomic E-state index is 0.0434. The van der Waals surface area contributed by atoms with Crippen molar-refractivity contribution in [1.29, 1.82) is 0 Å². The Morgan fingerprint density at radius 2 is 2.00 bits per heavy atom. The summed E-state index contributed by atoms with van der Waals surface area (Å²) in [5.41, 5.74) is 0.384. The Hall–Kier alpha value is -1.06. The second kappa shape index (κ2) is 3.37. The van der Waals surface area contributed by atoms with Gasteiger partial charge in [-0.1, -0.05) is 18.2 Å². The Morgan fingerprint density at radius 1 is 1.36 bits per heavy atom. The number of para-hydroxylation sites is 1. The molecule has 0 aliphatic carbocycles. The van der Waals surface area contributed by atoms with E-state index >= 15 is 0 Å². The third-order valence-electron chi connectivity index (χ3n) is 1.43. The summed E-state index contributed by atoms with van der Waals surface area (Å²) in [6.07, 6.45) is -1.05. The maximum atomic E-state index is 9.17. The molecule has 0 aliphatic heterocycles. The van der Waals surface area contributed by atoms with Gasteiger partial charge >= 0.3 is 0 Å². The molecule has 1 rings (SSSR count). The number of methoxy groups -OCH3 is 1. The highest BCUT2D eigenvalue weighted by Crippen LogP contribution is 2.23. The van der Waals surface area contributed by atoms with E-state index < -0.39 is 6.29 Å². The van der Waals surface area contributed by atoms with Crippen LogP contribution in [0, 0.1) is 0 Å². The van der Waals surface area contributed by atoms with Crippen molar-refractivity contribution < 1.29 is 14.9 Å². The number of aliphatic hydroxyl groups is 1. The van der Waals surface area contributed by atoms with Gasteiger partial charge in [-0.3, -0.25) is 0 Å². The molecule has 1 aromatic rings. The van der Waals surface area contributed by atoms with Crippen LogP contribution in [0.4, 0.5) is 0 Å². The summed E-state index contributed by atoms with van der Waals surface area (Å²) in [5.74, 6) is 0.0434. The lowest BCUT2D eigenvalue weighted by atomic mass is 10.2. The fraction of sp³-hybridized carbons (Fsp3) is 0.250. The van der Waals surface area contributed by atoms with Crippen LogP contribution in [0.15, 0.2) is 24.3 Å². The highest BCUT2D eigenvalue weighted by molar-refractivity contribution is 5.32. The van der Waals surface area contributed by atoms with E-state index in [0.717, 1.165) is 0 Å². The number of benzene rings is 1. The van der Waals surface area contributed by atoms with Gasteiger partial charge < -0.3 is 14.9 Å². The van der Waals surface area contributed by atoms with Crippen LogP contribution in [-0.2, 0) is 4.74 Å².